The zero-order valence-corrected chi connectivity index (χ0v) is 10.9. The molecule has 92 valence electrons. The van der Waals surface area contributed by atoms with Crippen molar-refractivity contribution in [3.8, 4) is 0 Å². The summed E-state index contributed by atoms with van der Waals surface area (Å²) in [5, 5.41) is 3.82. The van der Waals surface area contributed by atoms with E-state index in [4.69, 9.17) is 11.6 Å². The second-order valence-electron chi connectivity index (χ2n) is 4.55. The van der Waals surface area contributed by atoms with Gasteiger partial charge in [-0.05, 0) is 37.5 Å². The number of amides is 1. The van der Waals surface area contributed by atoms with Crippen LogP contribution in [0.3, 0.4) is 0 Å². The molecule has 1 saturated carbocycles. The number of hydrogen-bond acceptors (Lipinski definition) is 2. The number of carbonyl (C=O) groups is 1. The van der Waals surface area contributed by atoms with Gasteiger partial charge in [0.1, 0.15) is 0 Å². The lowest BCUT2D eigenvalue weighted by Gasteiger charge is -2.17. The van der Waals surface area contributed by atoms with Crippen LogP contribution in [-0.2, 0) is 4.79 Å². The zero-order valence-electron chi connectivity index (χ0n) is 10.2. The van der Waals surface area contributed by atoms with E-state index >= 15 is 0 Å². The van der Waals surface area contributed by atoms with Crippen LogP contribution in [-0.4, -0.2) is 30.4 Å². The van der Waals surface area contributed by atoms with Gasteiger partial charge in [0.25, 0.3) is 0 Å². The number of aryl methyl sites for hydroxylation is 1. The lowest BCUT2D eigenvalue weighted by atomic mass is 10.2. The summed E-state index contributed by atoms with van der Waals surface area (Å²) in [7, 11) is 1.86. The summed E-state index contributed by atoms with van der Waals surface area (Å²) < 4.78 is 0. The number of nitrogens with one attached hydrogen (secondary N) is 1. The van der Waals surface area contributed by atoms with Gasteiger partial charge in [0, 0.05) is 23.8 Å². The number of hydrogen-bond donors (Lipinski definition) is 1. The van der Waals surface area contributed by atoms with Crippen LogP contribution in [0, 0.1) is 6.92 Å². The summed E-state index contributed by atoms with van der Waals surface area (Å²) >= 11 is 6.02. The maximum Gasteiger partial charge on any atom is 0.241 e. The van der Waals surface area contributed by atoms with Gasteiger partial charge in [-0.2, -0.15) is 0 Å². The van der Waals surface area contributed by atoms with Gasteiger partial charge in [0.2, 0.25) is 5.91 Å². The number of anilines is 1. The first kappa shape index (κ1) is 12.2. The molecule has 0 aliphatic heterocycles. The molecular formula is C13H17ClN2O. The molecule has 1 aromatic carbocycles. The van der Waals surface area contributed by atoms with Gasteiger partial charge in [-0.3, -0.25) is 4.79 Å². The van der Waals surface area contributed by atoms with E-state index in [9.17, 15) is 4.79 Å². The van der Waals surface area contributed by atoms with Crippen LogP contribution < -0.4 is 5.32 Å². The molecule has 0 spiro atoms. The molecular weight excluding hydrogens is 236 g/mol. The molecule has 4 heteroatoms. The van der Waals surface area contributed by atoms with Gasteiger partial charge in [0.15, 0.2) is 0 Å². The first-order valence-electron chi connectivity index (χ1n) is 5.83. The van der Waals surface area contributed by atoms with E-state index in [1.54, 1.807) is 0 Å². The topological polar surface area (TPSA) is 32.3 Å². The number of nitrogens with zero attached hydrogens (tertiary/aromatic N) is 1. The average Bonchev–Trinajstić information content (AvgIpc) is 3.13. The van der Waals surface area contributed by atoms with Crippen molar-refractivity contribution < 1.29 is 4.79 Å². The summed E-state index contributed by atoms with van der Waals surface area (Å²) in [6.45, 7) is 2.28. The second kappa shape index (κ2) is 4.96. The zero-order chi connectivity index (χ0) is 12.4. The molecule has 1 fully saturated rings. The Bertz CT molecular complexity index is 429. The highest BCUT2D eigenvalue weighted by molar-refractivity contribution is 6.31. The maximum absolute atomic E-state index is 11.8. The van der Waals surface area contributed by atoms with Gasteiger partial charge < -0.3 is 10.2 Å². The van der Waals surface area contributed by atoms with Gasteiger partial charge >= 0.3 is 0 Å². The smallest absolute Gasteiger partial charge is 0.241 e. The van der Waals surface area contributed by atoms with Crippen molar-refractivity contribution in [1.82, 2.24) is 4.90 Å². The molecule has 1 N–H and O–H groups in total. The molecule has 0 heterocycles. The minimum Gasteiger partial charge on any atom is -0.376 e. The Morgan fingerprint density at radius 1 is 1.53 bits per heavy atom. The van der Waals surface area contributed by atoms with Crippen LogP contribution in [0.1, 0.15) is 18.4 Å². The molecule has 0 radical (unpaired) electrons. The number of halogens is 1. The highest BCUT2D eigenvalue weighted by atomic mass is 35.5. The molecule has 1 amide bonds. The number of carbonyl (C=O) groups excluding carboxylic acids is 1. The lowest BCUT2D eigenvalue weighted by Crippen LogP contribution is -2.33. The Morgan fingerprint density at radius 3 is 2.82 bits per heavy atom. The fourth-order valence-corrected chi connectivity index (χ4v) is 1.85. The molecule has 0 saturated heterocycles. The van der Waals surface area contributed by atoms with Crippen molar-refractivity contribution in [2.75, 3.05) is 18.9 Å². The standard InChI is InChI=1S/C13H17ClN2O/c1-9-3-4-10(7-12(9)14)15-8-13(17)16(2)11-5-6-11/h3-4,7,11,15H,5-6,8H2,1-2H3. The Kier molecular flexibility index (Phi) is 3.57. The van der Waals surface area contributed by atoms with E-state index in [-0.39, 0.29) is 5.91 Å². The highest BCUT2D eigenvalue weighted by Gasteiger charge is 2.29. The fourth-order valence-electron chi connectivity index (χ4n) is 1.67. The van der Waals surface area contributed by atoms with E-state index in [0.29, 0.717) is 12.6 Å². The van der Waals surface area contributed by atoms with Gasteiger partial charge in [-0.15, -0.1) is 0 Å². The summed E-state index contributed by atoms with van der Waals surface area (Å²) in [5.74, 6) is 0.129. The van der Waals surface area contributed by atoms with Crippen LogP contribution in [0.5, 0.6) is 0 Å². The molecule has 17 heavy (non-hydrogen) atoms. The molecule has 0 aromatic heterocycles. The minimum atomic E-state index is 0.129. The maximum atomic E-state index is 11.8. The first-order chi connectivity index (χ1) is 8.08. The van der Waals surface area contributed by atoms with Crippen LogP contribution >= 0.6 is 11.6 Å². The fraction of sp³-hybridized carbons (Fsp3) is 0.462. The molecule has 0 unspecified atom stereocenters. The van der Waals surface area contributed by atoms with E-state index in [1.165, 1.54) is 0 Å². The van der Waals surface area contributed by atoms with E-state index in [2.05, 4.69) is 5.32 Å². The molecule has 2 rings (SSSR count). The van der Waals surface area contributed by atoms with E-state index in [0.717, 1.165) is 29.1 Å². The number of likely N-dealkylation sites (N-methyl/N-ethyl adjacent to an activating group) is 1. The third kappa shape index (κ3) is 3.13. The van der Waals surface area contributed by atoms with Crippen LogP contribution in [0.4, 0.5) is 5.69 Å². The first-order valence-corrected chi connectivity index (χ1v) is 6.21. The lowest BCUT2D eigenvalue weighted by molar-refractivity contribution is -0.128. The molecule has 1 aromatic rings. The second-order valence-corrected chi connectivity index (χ2v) is 4.96. The predicted molar refractivity (Wildman–Crippen MR) is 70.5 cm³/mol. The summed E-state index contributed by atoms with van der Waals surface area (Å²) in [6.07, 6.45) is 2.27. The summed E-state index contributed by atoms with van der Waals surface area (Å²) in [5.41, 5.74) is 1.93. The van der Waals surface area contributed by atoms with Crippen LogP contribution in [0.15, 0.2) is 18.2 Å². The van der Waals surface area contributed by atoms with Crippen LogP contribution in [0.25, 0.3) is 0 Å². The summed E-state index contributed by atoms with van der Waals surface area (Å²) in [4.78, 5) is 13.6. The Morgan fingerprint density at radius 2 is 2.24 bits per heavy atom. The SMILES string of the molecule is Cc1ccc(NCC(=O)N(C)C2CC2)cc1Cl. The van der Waals surface area contributed by atoms with Crippen LogP contribution in [0.2, 0.25) is 5.02 Å². The minimum absolute atomic E-state index is 0.129. The molecule has 1 aliphatic rings. The van der Waals surface area contributed by atoms with Crippen molar-refractivity contribution in [3.05, 3.63) is 28.8 Å². The highest BCUT2D eigenvalue weighted by Crippen LogP contribution is 2.25. The van der Waals surface area contributed by atoms with Crippen molar-refractivity contribution in [3.63, 3.8) is 0 Å². The molecule has 1 aliphatic carbocycles. The van der Waals surface area contributed by atoms with Crippen molar-refractivity contribution in [2.45, 2.75) is 25.8 Å². The molecule has 0 bridgehead atoms. The Labute approximate surface area is 107 Å². The van der Waals surface area contributed by atoms with E-state index in [1.807, 2.05) is 37.1 Å². The van der Waals surface area contributed by atoms with Crippen molar-refractivity contribution in [2.24, 2.45) is 0 Å². The average molecular weight is 253 g/mol. The van der Waals surface area contributed by atoms with Gasteiger partial charge in [-0.1, -0.05) is 17.7 Å². The third-order valence-corrected chi connectivity index (χ3v) is 3.51. The van der Waals surface area contributed by atoms with Gasteiger partial charge in [-0.25, -0.2) is 0 Å². The quantitative estimate of drug-likeness (QED) is 0.894. The predicted octanol–water partition coefficient (Wildman–Crippen LogP) is 2.68. The largest absolute Gasteiger partial charge is 0.376 e. The number of rotatable bonds is 4. The Hall–Kier alpha value is -1.22. The monoisotopic (exact) mass is 252 g/mol. The van der Waals surface area contributed by atoms with E-state index < -0.39 is 0 Å². The van der Waals surface area contributed by atoms with Gasteiger partial charge in [0.05, 0.1) is 6.54 Å². The molecule has 3 nitrogen and oxygen atoms in total. The summed E-state index contributed by atoms with van der Waals surface area (Å²) in [6, 6.07) is 6.19. The van der Waals surface area contributed by atoms with Crippen molar-refractivity contribution in [1.29, 1.82) is 0 Å². The Balaban J connectivity index is 1.88. The normalized spacial score (nSPS) is 14.5. The third-order valence-electron chi connectivity index (χ3n) is 3.10. The van der Waals surface area contributed by atoms with Crippen molar-refractivity contribution >= 4 is 23.2 Å². The number of benzene rings is 1. The molecule has 0 atom stereocenters.